The van der Waals surface area contributed by atoms with Crippen molar-refractivity contribution in [2.75, 3.05) is 51.4 Å². The average Bonchev–Trinajstić information content (AvgIpc) is 3.94. The number of aliphatic hydroxyl groups excluding tert-OH is 2. The van der Waals surface area contributed by atoms with E-state index in [1.165, 1.54) is 30.9 Å². The van der Waals surface area contributed by atoms with Gasteiger partial charge < -0.3 is 82.4 Å². The number of phosphoric acid groups is 3. The summed E-state index contributed by atoms with van der Waals surface area (Å²) in [5.74, 6) is -4.66. The van der Waals surface area contributed by atoms with Gasteiger partial charge >= 0.3 is 29.5 Å². The van der Waals surface area contributed by atoms with E-state index in [1.54, 1.807) is 7.05 Å². The summed E-state index contributed by atoms with van der Waals surface area (Å²) in [6.45, 7) is 0.111. The van der Waals surface area contributed by atoms with Crippen LogP contribution in [-0.2, 0) is 60.2 Å². The number of carbonyl (C=O) groups excluding carboxylic acids is 5. The maximum atomic E-state index is 13.6. The minimum Gasteiger partial charge on any atom is -0.386 e. The lowest BCUT2D eigenvalue weighted by Crippen LogP contribution is -2.62. The van der Waals surface area contributed by atoms with Crippen molar-refractivity contribution < 1.29 is 99.9 Å². The van der Waals surface area contributed by atoms with Crippen LogP contribution in [0.2, 0.25) is 0 Å². The van der Waals surface area contributed by atoms with Crippen LogP contribution in [0.4, 0.5) is 10.6 Å². The Hall–Kier alpha value is -5.11. The quantitative estimate of drug-likeness (QED) is 0.0100. The largest absolute Gasteiger partial charge is 0.481 e. The number of carbonyl (C=O) groups is 5. The molecule has 78 heavy (non-hydrogen) atoms. The number of phosphoric ester groups is 3. The molecule has 2 aromatic rings. The summed E-state index contributed by atoms with van der Waals surface area (Å²) in [5, 5.41) is 48.2. The number of urea groups is 1. The van der Waals surface area contributed by atoms with Crippen LogP contribution >= 0.6 is 35.2 Å². The Balaban J connectivity index is 1.06. The topological polar surface area (TPSA) is 560 Å². The first-order valence-corrected chi connectivity index (χ1v) is 28.5. The van der Waals surface area contributed by atoms with Gasteiger partial charge in [0.2, 0.25) is 28.7 Å². The van der Waals surface area contributed by atoms with Crippen molar-refractivity contribution in [3.05, 3.63) is 37.1 Å². The van der Waals surface area contributed by atoms with Crippen LogP contribution in [0.1, 0.15) is 39.3 Å². The number of fused-ring (bicyclic) bond motifs is 1. The predicted molar refractivity (Wildman–Crippen MR) is 267 cm³/mol. The van der Waals surface area contributed by atoms with Crippen molar-refractivity contribution in [1.29, 1.82) is 5.41 Å². The van der Waals surface area contributed by atoms with Gasteiger partial charge in [0.1, 0.15) is 36.3 Å². The number of ether oxygens (including phenoxy) is 2. The molecule has 1 saturated heterocycles. The number of hydrogen-bond acceptors (Lipinski definition) is 25. The normalized spacial score (nSPS) is 25.8. The van der Waals surface area contributed by atoms with Crippen molar-refractivity contribution in [3.8, 4) is 0 Å². The summed E-state index contributed by atoms with van der Waals surface area (Å²) in [5.41, 5.74) is 21.2. The molecule has 2 aromatic heterocycles. The van der Waals surface area contributed by atoms with Gasteiger partial charge in [-0.1, -0.05) is 31.7 Å². The van der Waals surface area contributed by atoms with Crippen LogP contribution in [0.3, 0.4) is 0 Å². The zero-order valence-corrected chi connectivity index (χ0v) is 45.1. The summed E-state index contributed by atoms with van der Waals surface area (Å²) in [4.78, 5) is 119. The van der Waals surface area contributed by atoms with Crippen molar-refractivity contribution in [3.63, 3.8) is 0 Å². The van der Waals surface area contributed by atoms with E-state index in [2.05, 4.69) is 45.1 Å². The Bertz CT molecular complexity index is 2740. The van der Waals surface area contributed by atoms with E-state index in [-0.39, 0.29) is 54.6 Å². The molecule has 12 atom stereocenters. The molecule has 36 nitrogen and oxygen atoms in total. The SMILES string of the molecule is CN(CC[C@H](N)CC(=O)N[C@H]1C=C[C@H](N2C=C[C@@](N)(O)NC2=O)O[C@@H]1C(=O)SCCNC(=O)CCNC(=O)C(O)C(C)(C)COP(=O)(O)OP(=O)(O)OCC1OC(n2cnc3c(N)ncnc32)C(O)C1OP(=O)(O)O)C(=N)N. The third-order valence-electron chi connectivity index (χ3n) is 11.4. The number of nitrogens with zero attached hydrogens (tertiary/aromatic N) is 6. The number of guanidine groups is 1. The first-order chi connectivity index (χ1) is 36.2. The van der Waals surface area contributed by atoms with Gasteiger partial charge in [-0.3, -0.25) is 58.7 Å². The lowest BCUT2D eigenvalue weighted by atomic mass is 9.87. The zero-order valence-electron chi connectivity index (χ0n) is 41.6. The van der Waals surface area contributed by atoms with Gasteiger partial charge in [-0.2, -0.15) is 4.31 Å². The standard InChI is InChI=1S/C38H62N15O21P3S/c1-37(2,16-70-77(67,68)74-76(65,66)69-15-21-28(73-75(62,63)64)26(56)33(71-21)53-18-48-25-30(40)46-17-47-31(25)53)29(57)32(58)45-9-6-22(54)44-10-13-78-34(59)27-20(49-23(55)14-19(39)7-11-51(3)35(41)42)4-5-24(72-27)52-12-8-38(43,61)50-36(52)60/h4-5,8,12,17-21,24,26-29,33,56-57,61H,6-7,9-11,13-16,39,43H2,1-3H3,(H3,41,42)(H,44,54)(H,45,58)(H,49,55)(H,50,60)(H,65,66)(H,67,68)(H2,40,46,47)(H2,62,63,64)/t19-,20-,21?,24+,26?,27-,28?,29?,33?,38-/m0/s1. The fourth-order valence-electron chi connectivity index (χ4n) is 7.25. The molecule has 3 aliphatic rings. The zero-order chi connectivity index (χ0) is 58.1. The van der Waals surface area contributed by atoms with Crippen LogP contribution in [0.5, 0.6) is 0 Å². The first kappa shape index (κ1) is 63.7. The third-order valence-corrected chi connectivity index (χ3v) is 15.4. The Labute approximate surface area is 446 Å². The van der Waals surface area contributed by atoms with E-state index in [0.29, 0.717) is 24.7 Å². The van der Waals surface area contributed by atoms with Crippen LogP contribution < -0.4 is 44.2 Å². The number of aromatic nitrogens is 4. The molecule has 0 bridgehead atoms. The van der Waals surface area contributed by atoms with Crippen LogP contribution in [0.25, 0.3) is 11.2 Å². The third kappa shape index (κ3) is 18.2. The summed E-state index contributed by atoms with van der Waals surface area (Å²) < 4.78 is 68.6. The molecule has 5 heterocycles. The Morgan fingerprint density at radius 2 is 1.74 bits per heavy atom. The van der Waals surface area contributed by atoms with E-state index in [1.807, 2.05) is 0 Å². The second kappa shape index (κ2) is 26.4. The highest BCUT2D eigenvalue weighted by Crippen LogP contribution is 2.61. The molecule has 0 aliphatic carbocycles. The lowest BCUT2D eigenvalue weighted by Gasteiger charge is -2.38. The van der Waals surface area contributed by atoms with Gasteiger partial charge in [0.25, 0.3) is 0 Å². The van der Waals surface area contributed by atoms with E-state index < -0.39 is 132 Å². The maximum Gasteiger partial charge on any atom is 0.481 e. The molecule has 5 amide bonds. The Morgan fingerprint density at radius 3 is 2.41 bits per heavy atom. The summed E-state index contributed by atoms with van der Waals surface area (Å²) in [7, 11) is -15.0. The molecule has 7 unspecified atom stereocenters. The van der Waals surface area contributed by atoms with Gasteiger partial charge in [-0.15, -0.1) is 0 Å². The fraction of sp³-hybridized carbons (Fsp3) is 0.605. The number of aliphatic hydroxyl groups is 3. The van der Waals surface area contributed by atoms with Gasteiger partial charge in [-0.25, -0.2) is 33.4 Å². The molecule has 40 heteroatoms. The van der Waals surface area contributed by atoms with Crippen LogP contribution in [0.15, 0.2) is 37.1 Å². The number of thioether (sulfide) groups is 1. The maximum absolute atomic E-state index is 13.6. The van der Waals surface area contributed by atoms with Crippen molar-refractivity contribution in [1.82, 2.24) is 50.6 Å². The molecule has 0 radical (unpaired) electrons. The van der Waals surface area contributed by atoms with Gasteiger partial charge in [0.15, 0.2) is 36.0 Å². The number of nitrogens with two attached hydrogens (primary N) is 4. The summed E-state index contributed by atoms with van der Waals surface area (Å²) >= 11 is 0.715. The molecule has 436 valence electrons. The monoisotopic (exact) mass is 1190 g/mol. The van der Waals surface area contributed by atoms with Crippen molar-refractivity contribution in [2.24, 2.45) is 22.6 Å². The highest BCUT2D eigenvalue weighted by Gasteiger charge is 2.50. The summed E-state index contributed by atoms with van der Waals surface area (Å²) in [6, 6.07) is -2.56. The number of nitrogens with one attached hydrogen (secondary N) is 5. The van der Waals surface area contributed by atoms with E-state index in [9.17, 15) is 72.6 Å². The molecule has 0 spiro atoms. The van der Waals surface area contributed by atoms with Crippen molar-refractivity contribution >= 4 is 87.0 Å². The fourth-order valence-corrected chi connectivity index (χ4v) is 10.8. The molecule has 0 saturated carbocycles. The number of imidazole rings is 1. The molecule has 5 rings (SSSR count). The molecular weight excluding hydrogens is 1130 g/mol. The molecule has 1 fully saturated rings. The van der Waals surface area contributed by atoms with E-state index in [4.69, 9.17) is 46.9 Å². The molecule has 20 N–H and O–H groups in total. The van der Waals surface area contributed by atoms with E-state index >= 15 is 0 Å². The molecule has 3 aliphatic heterocycles. The van der Waals surface area contributed by atoms with Crippen LogP contribution in [-0.4, -0.2) is 199 Å². The number of rotatable bonds is 27. The molecular formula is C38H62N15O21P3S. The highest BCUT2D eigenvalue weighted by molar-refractivity contribution is 8.13. The number of hydrogen-bond donors (Lipinski definition) is 16. The Kier molecular flexibility index (Phi) is 21.6. The predicted octanol–water partition coefficient (Wildman–Crippen LogP) is -4.49. The number of nitrogen functional groups attached to an aromatic ring is 1. The van der Waals surface area contributed by atoms with E-state index in [0.717, 1.165) is 34.4 Å². The van der Waals surface area contributed by atoms with Crippen LogP contribution in [0, 0.1) is 10.8 Å². The van der Waals surface area contributed by atoms with Gasteiger partial charge in [-0.05, 0) is 18.6 Å². The number of anilines is 1. The second-order valence-corrected chi connectivity index (χ2v) is 23.5. The summed E-state index contributed by atoms with van der Waals surface area (Å²) in [6.07, 6.45) is -4.83. The minimum atomic E-state index is -5.65. The average molecular weight is 1190 g/mol. The number of amides is 5. The minimum absolute atomic E-state index is 0.00106. The smallest absolute Gasteiger partial charge is 0.386 e. The molecule has 0 aromatic carbocycles. The lowest BCUT2D eigenvalue weighted by molar-refractivity contribution is -0.137. The highest BCUT2D eigenvalue weighted by atomic mass is 32.2. The van der Waals surface area contributed by atoms with Gasteiger partial charge in [0, 0.05) is 62.9 Å². The van der Waals surface area contributed by atoms with Gasteiger partial charge in [0.05, 0.1) is 25.6 Å². The second-order valence-electron chi connectivity index (χ2n) is 18.2. The Morgan fingerprint density at radius 1 is 1.05 bits per heavy atom. The van der Waals surface area contributed by atoms with Crippen molar-refractivity contribution in [2.45, 2.75) is 94.0 Å². The first-order valence-electron chi connectivity index (χ1n) is 23.0.